The third-order valence-electron chi connectivity index (χ3n) is 6.81. The number of aliphatic hydroxyl groups excluding tert-OH is 1. The predicted octanol–water partition coefficient (Wildman–Crippen LogP) is 3.94. The topological polar surface area (TPSA) is 109 Å². The minimum absolute atomic E-state index is 0.248. The molecule has 0 saturated carbocycles. The van der Waals surface area contributed by atoms with Crippen LogP contribution in [0.5, 0.6) is 0 Å². The van der Waals surface area contributed by atoms with Crippen LogP contribution in [-0.2, 0) is 20.7 Å². The van der Waals surface area contributed by atoms with Gasteiger partial charge >= 0.3 is 5.97 Å². The zero-order valence-corrected chi connectivity index (χ0v) is 23.6. The number of hydrogen-bond acceptors (Lipinski definition) is 7. The van der Waals surface area contributed by atoms with Crippen LogP contribution in [0.3, 0.4) is 0 Å². The smallest absolute Gasteiger partial charge is 0.329 e. The molecule has 0 aliphatic carbocycles. The second kappa shape index (κ2) is 14.3. The first-order chi connectivity index (χ1) is 18.6. The van der Waals surface area contributed by atoms with E-state index < -0.39 is 42.7 Å². The largest absolute Gasteiger partial charge is 0.460 e. The molecule has 2 aliphatic rings. The molecular weight excluding hydrogens is 521 g/mol. The first-order valence-electron chi connectivity index (χ1n) is 13.3. The second-order valence-corrected chi connectivity index (χ2v) is 11.2. The van der Waals surface area contributed by atoms with Gasteiger partial charge in [-0.15, -0.1) is 11.3 Å². The first-order valence-corrected chi connectivity index (χ1v) is 14.1. The molecule has 0 spiro atoms. The Kier molecular flexibility index (Phi) is 11.2. The van der Waals surface area contributed by atoms with Crippen LogP contribution in [0, 0.1) is 11.8 Å². The average Bonchev–Trinajstić information content (AvgIpc) is 3.57. The maximum Gasteiger partial charge on any atom is 0.329 e. The third kappa shape index (κ3) is 8.69. The van der Waals surface area contributed by atoms with Gasteiger partial charge in [0.25, 0.3) is 5.91 Å². The Morgan fingerprint density at radius 2 is 2.10 bits per heavy atom. The Bertz CT molecular complexity index is 1140. The maximum absolute atomic E-state index is 13.7. The molecule has 0 radical (unpaired) electrons. The number of esters is 1. The van der Waals surface area contributed by atoms with Crippen molar-refractivity contribution in [3.05, 3.63) is 64.2 Å². The number of carbonyl (C=O) groups excluding carboxylic acids is 3. The van der Waals surface area contributed by atoms with E-state index in [1.165, 1.54) is 22.3 Å². The SMILES string of the molecule is C=C1Cc2nc(cs2)C(=O)N2CCC[C@@H]2C(=O)O[C@H]([C@H](C)CF)[C@H](C)/C=C/C(=O)NC/C=C/C(C)=C/[C@@H](O)C1. The Morgan fingerprint density at radius 3 is 2.85 bits per heavy atom. The number of cyclic esters (lactones) is 1. The summed E-state index contributed by atoms with van der Waals surface area (Å²) in [6.07, 6.45) is 8.54. The number of aromatic nitrogens is 1. The van der Waals surface area contributed by atoms with E-state index in [4.69, 9.17) is 4.74 Å². The summed E-state index contributed by atoms with van der Waals surface area (Å²) in [5, 5.41) is 15.5. The van der Waals surface area contributed by atoms with E-state index in [2.05, 4.69) is 16.9 Å². The Balaban J connectivity index is 1.87. The summed E-state index contributed by atoms with van der Waals surface area (Å²) in [6.45, 7) is 9.28. The molecule has 212 valence electrons. The molecule has 2 amide bonds. The minimum atomic E-state index is -0.804. The van der Waals surface area contributed by atoms with E-state index in [1.807, 2.05) is 6.92 Å². The molecule has 2 bridgehead atoms. The van der Waals surface area contributed by atoms with Crippen molar-refractivity contribution in [1.29, 1.82) is 0 Å². The van der Waals surface area contributed by atoms with Crippen molar-refractivity contribution in [2.24, 2.45) is 11.8 Å². The van der Waals surface area contributed by atoms with Crippen molar-refractivity contribution in [2.45, 2.75) is 64.7 Å². The van der Waals surface area contributed by atoms with E-state index in [-0.39, 0.29) is 24.1 Å². The van der Waals surface area contributed by atoms with Crippen LogP contribution >= 0.6 is 11.3 Å². The van der Waals surface area contributed by atoms with Crippen LogP contribution < -0.4 is 5.32 Å². The molecule has 5 atom stereocenters. The highest BCUT2D eigenvalue weighted by atomic mass is 32.1. The highest BCUT2D eigenvalue weighted by molar-refractivity contribution is 7.09. The number of aliphatic hydroxyl groups is 1. The van der Waals surface area contributed by atoms with E-state index in [0.717, 1.165) is 11.1 Å². The lowest BCUT2D eigenvalue weighted by Crippen LogP contribution is -2.44. The standard InChI is InChI=1S/C29H38FN3O5S/c1-18-7-5-11-31-25(35)10-9-20(3)27(21(4)16-30)38-29(37)24-8-6-12-33(24)28(36)23-17-39-26(32-23)15-19(2)14-22(34)13-18/h5,7,9-10,13,17,20-22,24,27,34H,2,6,8,11-12,14-16H2,1,3-4H3,(H,31,35)/b7-5+,10-9+,18-13+/t20-,21-,22-,24-,27+/m1/s1. The monoisotopic (exact) mass is 559 g/mol. The number of halogens is 1. The van der Waals surface area contributed by atoms with Crippen molar-refractivity contribution in [1.82, 2.24) is 15.2 Å². The molecule has 1 saturated heterocycles. The fraction of sp³-hybridized carbons (Fsp3) is 0.517. The summed E-state index contributed by atoms with van der Waals surface area (Å²) in [6, 6.07) is -0.787. The van der Waals surface area contributed by atoms with Crippen LogP contribution in [0.4, 0.5) is 4.39 Å². The fourth-order valence-corrected chi connectivity index (χ4v) is 5.59. The van der Waals surface area contributed by atoms with Gasteiger partial charge in [-0.2, -0.15) is 0 Å². The van der Waals surface area contributed by atoms with Crippen molar-refractivity contribution >= 4 is 29.1 Å². The number of nitrogens with zero attached hydrogens (tertiary/aromatic N) is 2. The molecule has 39 heavy (non-hydrogen) atoms. The summed E-state index contributed by atoms with van der Waals surface area (Å²) < 4.78 is 19.5. The molecule has 1 fully saturated rings. The number of nitrogens with one attached hydrogen (secondary N) is 1. The minimum Gasteiger partial charge on any atom is -0.460 e. The molecule has 3 rings (SSSR count). The van der Waals surface area contributed by atoms with Gasteiger partial charge in [0.05, 0.1) is 17.8 Å². The zero-order chi connectivity index (χ0) is 28.5. The number of hydrogen-bond donors (Lipinski definition) is 2. The number of carbonyl (C=O) groups is 3. The normalized spacial score (nSPS) is 30.0. The van der Waals surface area contributed by atoms with Crippen molar-refractivity contribution < 1.29 is 28.6 Å². The van der Waals surface area contributed by atoms with Gasteiger partial charge in [0, 0.05) is 36.7 Å². The molecule has 1 aromatic rings. The number of amides is 2. The van der Waals surface area contributed by atoms with Gasteiger partial charge in [-0.1, -0.05) is 55.9 Å². The van der Waals surface area contributed by atoms with E-state index in [0.29, 0.717) is 37.2 Å². The second-order valence-electron chi connectivity index (χ2n) is 10.3. The van der Waals surface area contributed by atoms with Crippen LogP contribution in [0.25, 0.3) is 0 Å². The number of allylic oxidation sites excluding steroid dienone is 2. The molecular formula is C29H38FN3O5S. The Morgan fingerprint density at radius 1 is 1.33 bits per heavy atom. The van der Waals surface area contributed by atoms with Crippen LogP contribution in [0.1, 0.15) is 55.5 Å². The number of ether oxygens (including phenoxy) is 1. The number of rotatable bonds is 2. The number of fused-ring (bicyclic) bond motifs is 3. The summed E-state index contributed by atoms with van der Waals surface area (Å²) in [4.78, 5) is 44.8. The maximum atomic E-state index is 13.7. The van der Waals surface area contributed by atoms with Gasteiger partial charge in [-0.3, -0.25) is 14.0 Å². The lowest BCUT2D eigenvalue weighted by Gasteiger charge is -2.29. The molecule has 3 heterocycles. The Hall–Kier alpha value is -3.11. The fourth-order valence-electron chi connectivity index (χ4n) is 4.75. The van der Waals surface area contributed by atoms with Crippen molar-refractivity contribution in [3.63, 3.8) is 0 Å². The summed E-state index contributed by atoms with van der Waals surface area (Å²) in [7, 11) is 0. The van der Waals surface area contributed by atoms with Gasteiger partial charge in [-0.05, 0) is 32.3 Å². The molecule has 10 heteroatoms. The van der Waals surface area contributed by atoms with E-state index in [9.17, 15) is 23.9 Å². The van der Waals surface area contributed by atoms with Gasteiger partial charge in [0.1, 0.15) is 17.8 Å². The third-order valence-corrected chi connectivity index (χ3v) is 7.66. The molecule has 2 N–H and O–H groups in total. The predicted molar refractivity (Wildman–Crippen MR) is 149 cm³/mol. The van der Waals surface area contributed by atoms with Gasteiger partial charge < -0.3 is 20.1 Å². The van der Waals surface area contributed by atoms with E-state index in [1.54, 1.807) is 43.5 Å². The summed E-state index contributed by atoms with van der Waals surface area (Å²) >= 11 is 1.33. The quantitative estimate of drug-likeness (QED) is 0.420. The summed E-state index contributed by atoms with van der Waals surface area (Å²) in [5.41, 5.74) is 1.85. The highest BCUT2D eigenvalue weighted by Crippen LogP contribution is 2.26. The van der Waals surface area contributed by atoms with Gasteiger partial charge in [0.2, 0.25) is 5.91 Å². The highest BCUT2D eigenvalue weighted by Gasteiger charge is 2.39. The van der Waals surface area contributed by atoms with Gasteiger partial charge in [-0.25, -0.2) is 9.78 Å². The lowest BCUT2D eigenvalue weighted by atomic mass is 9.93. The van der Waals surface area contributed by atoms with Crippen LogP contribution in [-0.4, -0.2) is 70.8 Å². The van der Waals surface area contributed by atoms with Crippen LogP contribution in [0.15, 0.2) is 53.5 Å². The lowest BCUT2D eigenvalue weighted by molar-refractivity contribution is -0.158. The van der Waals surface area contributed by atoms with Crippen molar-refractivity contribution in [3.8, 4) is 0 Å². The Labute approximate surface area is 233 Å². The number of alkyl halides is 1. The molecule has 0 aromatic carbocycles. The van der Waals surface area contributed by atoms with Gasteiger partial charge in [0.15, 0.2) is 0 Å². The molecule has 1 aromatic heterocycles. The number of thiazole rings is 1. The molecule has 8 nitrogen and oxygen atoms in total. The van der Waals surface area contributed by atoms with E-state index >= 15 is 0 Å². The summed E-state index contributed by atoms with van der Waals surface area (Å²) in [5.74, 6) is -2.31. The molecule has 0 unspecified atom stereocenters. The van der Waals surface area contributed by atoms with Crippen molar-refractivity contribution in [2.75, 3.05) is 19.8 Å². The molecule has 2 aliphatic heterocycles. The average molecular weight is 560 g/mol. The first kappa shape index (κ1) is 30.4. The zero-order valence-electron chi connectivity index (χ0n) is 22.8. The van der Waals surface area contributed by atoms with Crippen LogP contribution in [0.2, 0.25) is 0 Å².